The maximum Gasteiger partial charge on any atom is 0.137 e. The van der Waals surface area contributed by atoms with Crippen molar-refractivity contribution < 1.29 is 0 Å². The normalized spacial score (nSPS) is 12.1. The van der Waals surface area contributed by atoms with Gasteiger partial charge in [-0.15, -0.1) is 0 Å². The van der Waals surface area contributed by atoms with Crippen LogP contribution < -0.4 is 0 Å². The molecule has 4 heteroatoms. The molecule has 9 aromatic rings. The first-order valence-electron chi connectivity index (χ1n) is 16.5. The molecule has 0 fully saturated rings. The zero-order valence-electron chi connectivity index (χ0n) is 27.2. The molecule has 48 heavy (non-hydrogen) atoms. The topological polar surface area (TPSA) is 35.6 Å². The number of rotatable bonds is 4. The molecule has 0 aliphatic carbocycles. The highest BCUT2D eigenvalue weighted by atomic mass is 15.1. The van der Waals surface area contributed by atoms with E-state index in [1.807, 2.05) is 24.5 Å². The fraction of sp³-hybridized carbons (Fsp3) is 0.0909. The Morgan fingerprint density at radius 3 is 1.98 bits per heavy atom. The smallest absolute Gasteiger partial charge is 0.137 e. The first-order valence-corrected chi connectivity index (χ1v) is 16.5. The van der Waals surface area contributed by atoms with Gasteiger partial charge in [-0.05, 0) is 82.8 Å². The summed E-state index contributed by atoms with van der Waals surface area (Å²) in [6.07, 6.45) is 3.80. The average molecular weight is 619 g/mol. The Bertz CT molecular complexity index is 2640. The van der Waals surface area contributed by atoms with Crippen LogP contribution in [0, 0.1) is 0 Å². The molecule has 0 bridgehead atoms. The zero-order chi connectivity index (χ0) is 32.4. The molecular weight excluding hydrogens is 585 g/mol. The maximum absolute atomic E-state index is 4.92. The lowest BCUT2D eigenvalue weighted by Crippen LogP contribution is -2.12. The number of para-hydroxylation sites is 1. The molecule has 0 saturated carbocycles. The van der Waals surface area contributed by atoms with Crippen LogP contribution in [-0.4, -0.2) is 19.1 Å². The van der Waals surface area contributed by atoms with Crippen molar-refractivity contribution in [3.05, 3.63) is 157 Å². The van der Waals surface area contributed by atoms with Gasteiger partial charge in [-0.2, -0.15) is 0 Å². The van der Waals surface area contributed by atoms with E-state index in [-0.39, 0.29) is 5.41 Å². The molecule has 0 saturated heterocycles. The van der Waals surface area contributed by atoms with Crippen LogP contribution in [0.25, 0.3) is 77.5 Å². The predicted molar refractivity (Wildman–Crippen MR) is 200 cm³/mol. The Labute approximate surface area is 279 Å². The molecule has 4 aromatic heterocycles. The molecule has 0 aliphatic heterocycles. The Hall–Kier alpha value is -6.00. The second-order valence-electron chi connectivity index (χ2n) is 13.6. The van der Waals surface area contributed by atoms with Crippen molar-refractivity contribution >= 4 is 43.6 Å². The molecule has 0 N–H and O–H groups in total. The third kappa shape index (κ3) is 4.52. The summed E-state index contributed by atoms with van der Waals surface area (Å²) in [4.78, 5) is 9.60. The number of fused-ring (bicyclic) bond motifs is 6. The van der Waals surface area contributed by atoms with E-state index in [9.17, 15) is 0 Å². The number of hydrogen-bond acceptors (Lipinski definition) is 2. The molecule has 0 atom stereocenters. The summed E-state index contributed by atoms with van der Waals surface area (Å²) < 4.78 is 4.73. The number of pyridine rings is 2. The number of hydrogen-bond donors (Lipinski definition) is 0. The van der Waals surface area contributed by atoms with Crippen molar-refractivity contribution in [2.45, 2.75) is 26.2 Å². The van der Waals surface area contributed by atoms with Crippen LogP contribution in [0.15, 0.2) is 152 Å². The van der Waals surface area contributed by atoms with Crippen LogP contribution >= 0.6 is 0 Å². The first kappa shape index (κ1) is 28.2. The molecule has 0 aliphatic rings. The Kier molecular flexibility index (Phi) is 6.34. The van der Waals surface area contributed by atoms with Crippen LogP contribution in [0.3, 0.4) is 0 Å². The summed E-state index contributed by atoms with van der Waals surface area (Å²) in [5.74, 6) is 0.929. The van der Waals surface area contributed by atoms with Gasteiger partial charge in [0, 0.05) is 45.2 Å². The maximum atomic E-state index is 4.92. The van der Waals surface area contributed by atoms with Gasteiger partial charge in [-0.1, -0.05) is 99.6 Å². The molecule has 0 unspecified atom stereocenters. The molecule has 5 aromatic carbocycles. The van der Waals surface area contributed by atoms with Crippen LogP contribution in [-0.2, 0) is 5.41 Å². The fourth-order valence-electron chi connectivity index (χ4n) is 7.15. The van der Waals surface area contributed by atoms with Crippen molar-refractivity contribution in [2.75, 3.05) is 0 Å². The molecular formula is C44H34N4. The van der Waals surface area contributed by atoms with Crippen molar-refractivity contribution in [1.29, 1.82) is 0 Å². The number of aromatic nitrogens is 4. The predicted octanol–water partition coefficient (Wildman–Crippen LogP) is 11.3. The van der Waals surface area contributed by atoms with E-state index in [0.29, 0.717) is 0 Å². The first-order chi connectivity index (χ1) is 23.4. The Morgan fingerprint density at radius 2 is 1.15 bits per heavy atom. The van der Waals surface area contributed by atoms with E-state index >= 15 is 0 Å². The monoisotopic (exact) mass is 618 g/mol. The van der Waals surface area contributed by atoms with Gasteiger partial charge in [0.1, 0.15) is 5.82 Å². The van der Waals surface area contributed by atoms with Gasteiger partial charge in [0.15, 0.2) is 0 Å². The van der Waals surface area contributed by atoms with Crippen molar-refractivity contribution in [1.82, 2.24) is 19.1 Å². The minimum absolute atomic E-state index is 0.00844. The molecule has 9 rings (SSSR count). The Morgan fingerprint density at radius 1 is 0.438 bits per heavy atom. The van der Waals surface area contributed by atoms with Gasteiger partial charge in [-0.25, -0.2) is 4.98 Å². The number of nitrogens with zero attached hydrogens (tertiary/aromatic N) is 4. The van der Waals surface area contributed by atoms with Gasteiger partial charge >= 0.3 is 0 Å². The van der Waals surface area contributed by atoms with Gasteiger partial charge in [-0.3, -0.25) is 9.55 Å². The van der Waals surface area contributed by atoms with E-state index in [1.165, 1.54) is 38.2 Å². The van der Waals surface area contributed by atoms with Crippen molar-refractivity contribution in [2.24, 2.45) is 0 Å². The van der Waals surface area contributed by atoms with E-state index in [2.05, 4.69) is 162 Å². The van der Waals surface area contributed by atoms with Crippen LogP contribution in [0.5, 0.6) is 0 Å². The largest absolute Gasteiger partial charge is 0.309 e. The minimum Gasteiger partial charge on any atom is -0.309 e. The molecule has 0 radical (unpaired) electrons. The molecule has 0 amide bonds. The molecule has 4 nitrogen and oxygen atoms in total. The van der Waals surface area contributed by atoms with E-state index in [1.54, 1.807) is 0 Å². The van der Waals surface area contributed by atoms with E-state index < -0.39 is 0 Å². The van der Waals surface area contributed by atoms with Crippen molar-refractivity contribution in [3.8, 4) is 33.9 Å². The van der Waals surface area contributed by atoms with Crippen molar-refractivity contribution in [3.63, 3.8) is 0 Å². The molecule has 230 valence electrons. The summed E-state index contributed by atoms with van der Waals surface area (Å²) >= 11 is 0. The highest BCUT2D eigenvalue weighted by Crippen LogP contribution is 2.39. The lowest BCUT2D eigenvalue weighted by atomic mass is 9.88. The lowest BCUT2D eigenvalue weighted by Gasteiger charge is -2.20. The average Bonchev–Trinajstić information content (AvgIpc) is 3.63. The third-order valence-corrected chi connectivity index (χ3v) is 9.59. The van der Waals surface area contributed by atoms with E-state index in [0.717, 1.165) is 44.8 Å². The summed E-state index contributed by atoms with van der Waals surface area (Å²) in [5, 5.41) is 4.86. The lowest BCUT2D eigenvalue weighted by molar-refractivity contribution is 0.588. The minimum atomic E-state index is 0.00844. The van der Waals surface area contributed by atoms with Gasteiger partial charge in [0.25, 0.3) is 0 Å². The van der Waals surface area contributed by atoms with Crippen LogP contribution in [0.1, 0.15) is 26.3 Å². The third-order valence-electron chi connectivity index (χ3n) is 9.59. The van der Waals surface area contributed by atoms with Crippen LogP contribution in [0.2, 0.25) is 0 Å². The second-order valence-corrected chi connectivity index (χ2v) is 13.6. The highest BCUT2D eigenvalue weighted by molar-refractivity contribution is 6.13. The molecule has 0 spiro atoms. The SMILES string of the molecule is CC(C)(C)c1ccnc(-n2c3ccccc3c3ccc(-n4c5ccc(-c6ccccc6)cc5c5ccc(-c6ccccn6)cc54)cc32)c1. The summed E-state index contributed by atoms with van der Waals surface area (Å²) in [6, 6.07) is 50.2. The zero-order valence-corrected chi connectivity index (χ0v) is 27.2. The standard InChI is InChI=1S/C44H34N4/c1-44(2,3)32-22-24-46-43(27-32)48-39-15-8-7-13-34(39)35-20-18-33(28-42(35)48)47-40-21-17-30(29-11-5-4-6-12-29)25-37(40)36-19-16-31(26-41(36)47)38-14-9-10-23-45-38/h4-28H,1-3H3. The fourth-order valence-corrected chi connectivity index (χ4v) is 7.15. The van der Waals surface area contributed by atoms with Gasteiger partial charge in [0.2, 0.25) is 0 Å². The summed E-state index contributed by atoms with van der Waals surface area (Å²) in [5.41, 5.74) is 11.4. The number of benzene rings is 5. The molecule has 4 heterocycles. The van der Waals surface area contributed by atoms with Crippen LogP contribution in [0.4, 0.5) is 0 Å². The quantitative estimate of drug-likeness (QED) is 0.197. The second kappa shape index (κ2) is 10.8. The van der Waals surface area contributed by atoms with Gasteiger partial charge in [0.05, 0.1) is 27.8 Å². The summed E-state index contributed by atoms with van der Waals surface area (Å²) in [7, 11) is 0. The van der Waals surface area contributed by atoms with E-state index in [4.69, 9.17) is 4.98 Å². The van der Waals surface area contributed by atoms with Gasteiger partial charge < -0.3 is 4.57 Å². The Balaban J connectivity index is 1.34. The summed E-state index contributed by atoms with van der Waals surface area (Å²) in [6.45, 7) is 6.75. The highest BCUT2D eigenvalue weighted by Gasteiger charge is 2.20.